The summed E-state index contributed by atoms with van der Waals surface area (Å²) in [6, 6.07) is 21.3. The summed E-state index contributed by atoms with van der Waals surface area (Å²) in [4.78, 5) is 15.2. The van der Waals surface area contributed by atoms with Gasteiger partial charge < -0.3 is 25.2 Å². The highest BCUT2D eigenvalue weighted by atomic mass is 35.5. The number of halogens is 1. The number of nitrogens with zero attached hydrogens (tertiary/aromatic N) is 1. The number of amides is 1. The molecule has 0 saturated carbocycles. The number of aliphatic hydroxyl groups is 1. The second-order valence-corrected chi connectivity index (χ2v) is 10.5. The van der Waals surface area contributed by atoms with Crippen molar-refractivity contribution in [2.75, 3.05) is 33.4 Å². The van der Waals surface area contributed by atoms with Gasteiger partial charge in [-0.05, 0) is 66.1 Å². The number of rotatable bonds is 11. The predicted molar refractivity (Wildman–Crippen MR) is 156 cm³/mol. The molecule has 1 aliphatic rings. The fraction of sp³-hybridized carbons (Fsp3) is 0.406. The number of benzene rings is 3. The predicted octanol–water partition coefficient (Wildman–Crippen LogP) is 5.57. The number of aryl methyl sites for hydroxylation is 1. The minimum absolute atomic E-state index is 0.0874. The van der Waals surface area contributed by atoms with Crippen LogP contribution in [0.1, 0.15) is 53.2 Å². The van der Waals surface area contributed by atoms with Crippen molar-refractivity contribution in [2.45, 2.75) is 50.9 Å². The zero-order valence-corrected chi connectivity index (χ0v) is 23.6. The van der Waals surface area contributed by atoms with Gasteiger partial charge in [0.1, 0.15) is 11.7 Å². The topological polar surface area (TPSA) is 85.0 Å². The SMILES string of the molecule is CCc1cccc(-c2c(Cl)cccc2[C@@](O)(CCCCOC)[C@H]2CN(C(=O)c3ccc(CN)cc3)CCO2)c1. The lowest BCUT2D eigenvalue weighted by Crippen LogP contribution is -2.54. The summed E-state index contributed by atoms with van der Waals surface area (Å²) in [7, 11) is 1.68. The third kappa shape index (κ3) is 6.71. The number of nitrogens with two attached hydrogens (primary N) is 1. The first kappa shape index (κ1) is 29.2. The molecule has 1 fully saturated rings. The highest BCUT2D eigenvalue weighted by molar-refractivity contribution is 6.33. The molecule has 1 amide bonds. The molecule has 0 radical (unpaired) electrons. The van der Waals surface area contributed by atoms with Gasteiger partial charge in [0.2, 0.25) is 0 Å². The Kier molecular flexibility index (Phi) is 10.2. The van der Waals surface area contributed by atoms with Crippen molar-refractivity contribution in [3.63, 3.8) is 0 Å². The molecule has 7 heteroatoms. The summed E-state index contributed by atoms with van der Waals surface area (Å²) in [6.45, 7) is 4.19. The van der Waals surface area contributed by atoms with Gasteiger partial charge in [-0.15, -0.1) is 0 Å². The van der Waals surface area contributed by atoms with Gasteiger partial charge in [-0.2, -0.15) is 0 Å². The third-order valence-corrected chi connectivity index (χ3v) is 7.90. The van der Waals surface area contributed by atoms with Crippen LogP contribution in [0.2, 0.25) is 5.02 Å². The number of ether oxygens (including phenoxy) is 2. The summed E-state index contributed by atoms with van der Waals surface area (Å²) in [5, 5.41) is 13.1. The van der Waals surface area contributed by atoms with Gasteiger partial charge in [0.15, 0.2) is 0 Å². The van der Waals surface area contributed by atoms with E-state index in [1.165, 1.54) is 5.56 Å². The molecule has 3 N–H and O–H groups in total. The van der Waals surface area contributed by atoms with Crippen molar-refractivity contribution in [1.82, 2.24) is 4.90 Å². The number of morpholine rings is 1. The first-order valence-electron chi connectivity index (χ1n) is 13.7. The lowest BCUT2D eigenvalue weighted by atomic mass is 9.78. The van der Waals surface area contributed by atoms with E-state index in [0.29, 0.717) is 48.9 Å². The lowest BCUT2D eigenvalue weighted by molar-refractivity contribution is -0.146. The molecule has 0 aromatic heterocycles. The van der Waals surface area contributed by atoms with Crippen molar-refractivity contribution in [1.29, 1.82) is 0 Å². The highest BCUT2D eigenvalue weighted by Crippen LogP contribution is 2.43. The van der Waals surface area contributed by atoms with Gasteiger partial charge in [0.05, 0.1) is 13.2 Å². The van der Waals surface area contributed by atoms with Gasteiger partial charge in [-0.3, -0.25) is 4.79 Å². The quantitative estimate of drug-likeness (QED) is 0.305. The van der Waals surface area contributed by atoms with Gasteiger partial charge in [-0.25, -0.2) is 0 Å². The Morgan fingerprint density at radius 2 is 1.90 bits per heavy atom. The Labute approximate surface area is 236 Å². The molecular formula is C32H39ClN2O4. The van der Waals surface area contributed by atoms with E-state index in [9.17, 15) is 9.90 Å². The summed E-state index contributed by atoms with van der Waals surface area (Å²) in [6.07, 6.45) is 2.22. The van der Waals surface area contributed by atoms with Gasteiger partial charge in [0, 0.05) is 43.0 Å². The van der Waals surface area contributed by atoms with Gasteiger partial charge >= 0.3 is 0 Å². The van der Waals surface area contributed by atoms with Crippen LogP contribution < -0.4 is 5.73 Å². The van der Waals surface area contributed by atoms with Crippen LogP contribution in [-0.4, -0.2) is 55.4 Å². The van der Waals surface area contributed by atoms with Crippen molar-refractivity contribution in [3.05, 3.63) is 94.0 Å². The number of carbonyl (C=O) groups excluding carboxylic acids is 1. The summed E-state index contributed by atoms with van der Waals surface area (Å²) >= 11 is 6.83. The molecule has 3 aromatic rings. The number of unbranched alkanes of at least 4 members (excludes halogenated alkanes) is 1. The van der Waals surface area contributed by atoms with Gasteiger partial charge in [0.25, 0.3) is 5.91 Å². The molecule has 0 unspecified atom stereocenters. The maximum atomic E-state index is 13.4. The zero-order valence-electron chi connectivity index (χ0n) is 22.9. The van der Waals surface area contributed by atoms with E-state index in [1.54, 1.807) is 12.0 Å². The second kappa shape index (κ2) is 13.6. The number of hydrogen-bond acceptors (Lipinski definition) is 5. The number of methoxy groups -OCH3 is 1. The number of hydrogen-bond donors (Lipinski definition) is 2. The van der Waals surface area contributed by atoms with Crippen LogP contribution in [0, 0.1) is 0 Å². The van der Waals surface area contributed by atoms with Crippen molar-refractivity contribution in [3.8, 4) is 11.1 Å². The molecule has 0 aliphatic carbocycles. The van der Waals surface area contributed by atoms with E-state index in [4.69, 9.17) is 26.8 Å². The Bertz CT molecular complexity index is 1250. The molecule has 2 atom stereocenters. The van der Waals surface area contributed by atoms with E-state index in [-0.39, 0.29) is 12.5 Å². The smallest absolute Gasteiger partial charge is 0.254 e. The van der Waals surface area contributed by atoms with E-state index in [2.05, 4.69) is 19.1 Å². The highest BCUT2D eigenvalue weighted by Gasteiger charge is 2.44. The molecule has 4 rings (SSSR count). The molecule has 0 spiro atoms. The van der Waals surface area contributed by atoms with Crippen LogP contribution in [0.5, 0.6) is 0 Å². The Balaban J connectivity index is 1.71. The Hall–Kier alpha value is -2.74. The summed E-state index contributed by atoms with van der Waals surface area (Å²) in [5.41, 5.74) is 9.57. The third-order valence-electron chi connectivity index (χ3n) is 7.58. The molecule has 1 aliphatic heterocycles. The zero-order chi connectivity index (χ0) is 27.8. The Morgan fingerprint density at radius 1 is 1.13 bits per heavy atom. The molecule has 208 valence electrons. The van der Waals surface area contributed by atoms with Crippen molar-refractivity contribution >= 4 is 17.5 Å². The minimum Gasteiger partial charge on any atom is -0.385 e. The molecule has 6 nitrogen and oxygen atoms in total. The van der Waals surface area contributed by atoms with Crippen LogP contribution in [0.15, 0.2) is 66.7 Å². The molecular weight excluding hydrogens is 512 g/mol. The minimum atomic E-state index is -1.38. The molecule has 3 aromatic carbocycles. The number of carbonyl (C=O) groups is 1. The fourth-order valence-electron chi connectivity index (χ4n) is 5.32. The summed E-state index contributed by atoms with van der Waals surface area (Å²) in [5.74, 6) is -0.0874. The van der Waals surface area contributed by atoms with E-state index >= 15 is 0 Å². The van der Waals surface area contributed by atoms with Crippen LogP contribution in [0.25, 0.3) is 11.1 Å². The standard InChI is InChI=1S/C32H39ClN2O4/c1-3-23-8-6-9-26(20-23)30-27(10-7-11-28(30)33)32(37,16-4-5-18-38-2)29-22-35(17-19-39-29)31(36)25-14-12-24(21-34)13-15-25/h6-15,20,29,37H,3-5,16-19,21-22,34H2,1-2H3/t29-,32+/m1/s1. The Morgan fingerprint density at radius 3 is 2.62 bits per heavy atom. The first-order chi connectivity index (χ1) is 18.9. The average Bonchev–Trinajstić information content (AvgIpc) is 2.98. The summed E-state index contributed by atoms with van der Waals surface area (Å²) < 4.78 is 11.5. The van der Waals surface area contributed by atoms with Crippen LogP contribution in [-0.2, 0) is 28.0 Å². The monoisotopic (exact) mass is 550 g/mol. The molecule has 1 saturated heterocycles. The van der Waals surface area contributed by atoms with E-state index < -0.39 is 11.7 Å². The van der Waals surface area contributed by atoms with Crippen LogP contribution >= 0.6 is 11.6 Å². The fourth-order valence-corrected chi connectivity index (χ4v) is 5.61. The van der Waals surface area contributed by atoms with Crippen molar-refractivity contribution < 1.29 is 19.4 Å². The van der Waals surface area contributed by atoms with Crippen LogP contribution in [0.3, 0.4) is 0 Å². The maximum Gasteiger partial charge on any atom is 0.254 e. The maximum absolute atomic E-state index is 13.4. The van der Waals surface area contributed by atoms with E-state index in [1.807, 2.05) is 54.6 Å². The molecule has 0 bridgehead atoms. The lowest BCUT2D eigenvalue weighted by Gasteiger charge is -2.43. The van der Waals surface area contributed by atoms with Crippen molar-refractivity contribution in [2.24, 2.45) is 5.73 Å². The molecule has 39 heavy (non-hydrogen) atoms. The molecule has 1 heterocycles. The largest absolute Gasteiger partial charge is 0.385 e. The van der Waals surface area contributed by atoms with E-state index in [0.717, 1.165) is 36.0 Å². The normalized spacial score (nSPS) is 17.2. The first-order valence-corrected chi connectivity index (χ1v) is 14.1. The average molecular weight is 551 g/mol. The van der Waals surface area contributed by atoms with Crippen LogP contribution in [0.4, 0.5) is 0 Å². The second-order valence-electron chi connectivity index (χ2n) is 10.1. The van der Waals surface area contributed by atoms with Gasteiger partial charge in [-0.1, -0.05) is 67.1 Å².